The van der Waals surface area contributed by atoms with Gasteiger partial charge in [-0.25, -0.2) is 0 Å². The molecule has 0 amide bonds. The number of hydrogen-bond donors (Lipinski definition) is 0. The summed E-state index contributed by atoms with van der Waals surface area (Å²) in [4.78, 5) is 0. The Morgan fingerprint density at radius 2 is 1.72 bits per heavy atom. The van der Waals surface area contributed by atoms with E-state index in [1.54, 1.807) is 0 Å². The molecule has 3 rings (SSSR count). The molecule has 0 unspecified atom stereocenters. The average Bonchev–Trinajstić information content (AvgIpc) is 2.80. The minimum absolute atomic E-state index is 0.294. The van der Waals surface area contributed by atoms with Gasteiger partial charge >= 0.3 is 7.12 Å². The van der Waals surface area contributed by atoms with E-state index < -0.39 is 0 Å². The van der Waals surface area contributed by atoms with Gasteiger partial charge in [0.1, 0.15) is 5.75 Å². The van der Waals surface area contributed by atoms with Crippen LogP contribution in [0.4, 0.5) is 0 Å². The van der Waals surface area contributed by atoms with Gasteiger partial charge in [0.25, 0.3) is 0 Å². The van der Waals surface area contributed by atoms with Crippen LogP contribution in [0.2, 0.25) is 0 Å². The molecule has 4 heteroatoms. The van der Waals surface area contributed by atoms with Crippen LogP contribution in [0.5, 0.6) is 5.75 Å². The molecule has 0 radical (unpaired) electrons. The highest BCUT2D eigenvalue weighted by atomic mass is 16.7. The normalized spacial score (nSPS) is 23.9. The molecule has 1 aromatic carbocycles. The van der Waals surface area contributed by atoms with E-state index in [-0.39, 0.29) is 18.3 Å². The Balaban J connectivity index is 1.89. The number of hydrogen-bond acceptors (Lipinski definition) is 3. The number of fused-ring (bicyclic) bond motifs is 1. The van der Waals surface area contributed by atoms with E-state index >= 15 is 0 Å². The van der Waals surface area contributed by atoms with Crippen LogP contribution in [-0.2, 0) is 15.7 Å². The van der Waals surface area contributed by atoms with Crippen molar-refractivity contribution < 1.29 is 14.0 Å². The van der Waals surface area contributed by atoms with Gasteiger partial charge in [-0.1, -0.05) is 12.1 Å². The van der Waals surface area contributed by atoms with Gasteiger partial charge in [-0.3, -0.25) is 0 Å². The lowest BCUT2D eigenvalue weighted by Crippen LogP contribution is -2.41. The maximum absolute atomic E-state index is 6.03. The lowest BCUT2D eigenvalue weighted by atomic mass is 9.78. The fourth-order valence-electron chi connectivity index (χ4n) is 2.31. The third kappa shape index (κ3) is 1.75. The summed E-state index contributed by atoms with van der Waals surface area (Å²) in [6, 6.07) is 6.24. The van der Waals surface area contributed by atoms with Gasteiger partial charge in [0.15, 0.2) is 0 Å². The zero-order valence-electron chi connectivity index (χ0n) is 11.4. The summed E-state index contributed by atoms with van der Waals surface area (Å²) >= 11 is 0. The van der Waals surface area contributed by atoms with Gasteiger partial charge in [-0.15, -0.1) is 0 Å². The maximum Gasteiger partial charge on any atom is 0.494 e. The quantitative estimate of drug-likeness (QED) is 0.708. The van der Waals surface area contributed by atoms with Crippen molar-refractivity contribution in [1.82, 2.24) is 0 Å². The average molecular weight is 246 g/mol. The highest BCUT2D eigenvalue weighted by Crippen LogP contribution is 2.37. The number of benzene rings is 1. The van der Waals surface area contributed by atoms with Gasteiger partial charge in [-0.05, 0) is 44.8 Å². The zero-order valence-corrected chi connectivity index (χ0v) is 11.4. The Hall–Kier alpha value is -0.995. The van der Waals surface area contributed by atoms with Gasteiger partial charge in [0.2, 0.25) is 0 Å². The summed E-state index contributed by atoms with van der Waals surface area (Å²) in [6.07, 6.45) is 0.999. The lowest BCUT2D eigenvalue weighted by Gasteiger charge is -2.32. The molecule has 96 valence electrons. The first-order chi connectivity index (χ1) is 8.39. The van der Waals surface area contributed by atoms with Crippen molar-refractivity contribution in [3.8, 4) is 5.75 Å². The lowest BCUT2D eigenvalue weighted by molar-refractivity contribution is 0.00578. The molecule has 0 bridgehead atoms. The van der Waals surface area contributed by atoms with Crippen LogP contribution in [0, 0.1) is 0 Å². The number of ether oxygens (including phenoxy) is 1. The van der Waals surface area contributed by atoms with Crippen molar-refractivity contribution >= 4 is 12.6 Å². The van der Waals surface area contributed by atoms with Gasteiger partial charge < -0.3 is 14.0 Å². The molecule has 0 N–H and O–H groups in total. The van der Waals surface area contributed by atoms with Gasteiger partial charge in [-0.2, -0.15) is 0 Å². The van der Waals surface area contributed by atoms with E-state index in [9.17, 15) is 0 Å². The molecule has 0 atom stereocenters. The second-order valence-corrected chi connectivity index (χ2v) is 6.05. The van der Waals surface area contributed by atoms with Crippen LogP contribution in [0.1, 0.15) is 33.3 Å². The first-order valence-electron chi connectivity index (χ1n) is 6.50. The summed E-state index contributed by atoms with van der Waals surface area (Å²) < 4.78 is 17.7. The third-order valence-corrected chi connectivity index (χ3v) is 4.25. The highest BCUT2D eigenvalue weighted by molar-refractivity contribution is 6.62. The molecular formula is C14H19BO3. The summed E-state index contributed by atoms with van der Waals surface area (Å²) in [5.74, 6) is 0.974. The molecule has 0 aromatic heterocycles. The second-order valence-electron chi connectivity index (χ2n) is 6.05. The molecule has 18 heavy (non-hydrogen) atoms. The van der Waals surface area contributed by atoms with Crippen LogP contribution in [0.15, 0.2) is 18.2 Å². The molecular weight excluding hydrogens is 227 g/mol. The Labute approximate surface area is 109 Å². The van der Waals surface area contributed by atoms with E-state index in [0.717, 1.165) is 24.2 Å². The Morgan fingerprint density at radius 1 is 1.06 bits per heavy atom. The monoisotopic (exact) mass is 246 g/mol. The minimum Gasteiger partial charge on any atom is -0.493 e. The van der Waals surface area contributed by atoms with Crippen molar-refractivity contribution in [3.63, 3.8) is 0 Å². The van der Waals surface area contributed by atoms with E-state index in [1.807, 2.05) is 6.07 Å². The number of rotatable bonds is 1. The van der Waals surface area contributed by atoms with E-state index in [4.69, 9.17) is 14.0 Å². The van der Waals surface area contributed by atoms with Crippen molar-refractivity contribution in [2.24, 2.45) is 0 Å². The molecule has 1 fully saturated rings. The third-order valence-electron chi connectivity index (χ3n) is 4.25. The first-order valence-corrected chi connectivity index (χ1v) is 6.50. The summed E-state index contributed by atoms with van der Waals surface area (Å²) in [5, 5.41) is 0. The molecule has 0 saturated carbocycles. The van der Waals surface area contributed by atoms with E-state index in [1.165, 1.54) is 5.56 Å². The first kappa shape index (κ1) is 12.1. The fourth-order valence-corrected chi connectivity index (χ4v) is 2.31. The van der Waals surface area contributed by atoms with Crippen molar-refractivity contribution in [3.05, 3.63) is 23.8 Å². The van der Waals surface area contributed by atoms with Crippen molar-refractivity contribution in [2.75, 3.05) is 6.61 Å². The van der Waals surface area contributed by atoms with Crippen molar-refractivity contribution in [2.45, 2.75) is 45.3 Å². The van der Waals surface area contributed by atoms with Crippen LogP contribution in [0.25, 0.3) is 0 Å². The molecule has 2 aliphatic heterocycles. The van der Waals surface area contributed by atoms with Crippen LogP contribution in [0.3, 0.4) is 0 Å². The van der Waals surface area contributed by atoms with Gasteiger partial charge in [0, 0.05) is 6.42 Å². The Kier molecular flexibility index (Phi) is 2.51. The molecule has 3 nitrogen and oxygen atoms in total. The van der Waals surface area contributed by atoms with E-state index in [0.29, 0.717) is 0 Å². The fraction of sp³-hybridized carbons (Fsp3) is 0.571. The zero-order chi connectivity index (χ0) is 13.0. The highest BCUT2D eigenvalue weighted by Gasteiger charge is 2.51. The predicted molar refractivity (Wildman–Crippen MR) is 71.4 cm³/mol. The smallest absolute Gasteiger partial charge is 0.493 e. The van der Waals surface area contributed by atoms with Crippen molar-refractivity contribution in [1.29, 1.82) is 0 Å². The minimum atomic E-state index is -0.301. The van der Waals surface area contributed by atoms with Crippen LogP contribution in [-0.4, -0.2) is 24.9 Å². The van der Waals surface area contributed by atoms with Crippen LogP contribution < -0.4 is 10.2 Å². The largest absolute Gasteiger partial charge is 0.494 e. The Morgan fingerprint density at radius 3 is 2.39 bits per heavy atom. The standard InChI is InChI=1S/C14H19BO3/c1-13(2)14(3,4)18-15(17-13)11-6-5-10-7-8-16-12(10)9-11/h5-6,9H,7-8H2,1-4H3. The summed E-state index contributed by atoms with van der Waals surface area (Å²) in [6.45, 7) is 9.05. The molecule has 2 aliphatic rings. The predicted octanol–water partition coefficient (Wildman–Crippen LogP) is 1.92. The molecule has 2 heterocycles. The maximum atomic E-state index is 6.03. The SMILES string of the molecule is CC1(C)OB(c2ccc3c(c2)OCC3)OC1(C)C. The second kappa shape index (κ2) is 3.75. The molecule has 1 saturated heterocycles. The summed E-state index contributed by atoms with van der Waals surface area (Å²) in [7, 11) is -0.301. The van der Waals surface area contributed by atoms with E-state index in [2.05, 4.69) is 39.8 Å². The van der Waals surface area contributed by atoms with Gasteiger partial charge in [0.05, 0.1) is 17.8 Å². The summed E-state index contributed by atoms with van der Waals surface area (Å²) in [5.41, 5.74) is 1.72. The topological polar surface area (TPSA) is 27.7 Å². The molecule has 1 aromatic rings. The Bertz CT molecular complexity index is 466. The van der Waals surface area contributed by atoms with Crippen LogP contribution >= 0.6 is 0 Å². The molecule has 0 aliphatic carbocycles. The molecule has 0 spiro atoms.